The Balaban J connectivity index is 2.17. The van der Waals surface area contributed by atoms with E-state index in [4.69, 9.17) is 5.73 Å². The maximum atomic E-state index is 12.1. The van der Waals surface area contributed by atoms with Gasteiger partial charge in [-0.1, -0.05) is 18.2 Å². The Kier molecular flexibility index (Phi) is 4.18. The van der Waals surface area contributed by atoms with E-state index in [1.165, 1.54) is 18.5 Å². The van der Waals surface area contributed by atoms with Gasteiger partial charge in [-0.3, -0.25) is 4.98 Å². The molecule has 0 radical (unpaired) electrons. The molecule has 100 valence electrons. The normalized spacial score (nSPS) is 11.4. The Hall–Kier alpha value is -1.44. The molecule has 19 heavy (non-hydrogen) atoms. The Bertz CT molecular complexity index is 689. The molecule has 0 aliphatic carbocycles. The van der Waals surface area contributed by atoms with Gasteiger partial charge < -0.3 is 5.73 Å². The minimum atomic E-state index is -3.60. The van der Waals surface area contributed by atoms with Gasteiger partial charge in [0.15, 0.2) is 0 Å². The van der Waals surface area contributed by atoms with Gasteiger partial charge in [-0.15, -0.1) is 0 Å². The summed E-state index contributed by atoms with van der Waals surface area (Å²) in [7, 11) is -3.60. The Morgan fingerprint density at radius 2 is 2.00 bits per heavy atom. The van der Waals surface area contributed by atoms with Gasteiger partial charge in [0.2, 0.25) is 10.0 Å². The van der Waals surface area contributed by atoms with Crippen molar-refractivity contribution in [2.24, 2.45) is 0 Å². The van der Waals surface area contributed by atoms with Crippen LogP contribution in [0.3, 0.4) is 0 Å². The quantitative estimate of drug-likeness (QED) is 0.831. The first-order chi connectivity index (χ1) is 8.99. The van der Waals surface area contributed by atoms with Crippen molar-refractivity contribution in [3.8, 4) is 0 Å². The summed E-state index contributed by atoms with van der Waals surface area (Å²) < 4.78 is 27.2. The predicted octanol–water partition coefficient (Wildman–Crippen LogP) is 1.90. The molecule has 1 aromatic carbocycles. The summed E-state index contributed by atoms with van der Waals surface area (Å²) in [6.45, 7) is 0.140. The number of halogens is 1. The van der Waals surface area contributed by atoms with E-state index < -0.39 is 10.0 Å². The van der Waals surface area contributed by atoms with Crippen LogP contribution in [0.25, 0.3) is 0 Å². The molecule has 0 fully saturated rings. The van der Waals surface area contributed by atoms with Gasteiger partial charge in [-0.05, 0) is 33.6 Å². The first-order valence-corrected chi connectivity index (χ1v) is 7.70. The minimum Gasteiger partial charge on any atom is -0.398 e. The minimum absolute atomic E-state index is 0.108. The molecule has 3 N–H and O–H groups in total. The summed E-state index contributed by atoms with van der Waals surface area (Å²) in [4.78, 5) is 3.94. The van der Waals surface area contributed by atoms with Crippen molar-refractivity contribution in [2.75, 3.05) is 5.73 Å². The lowest BCUT2D eigenvalue weighted by Gasteiger charge is -2.08. The summed E-state index contributed by atoms with van der Waals surface area (Å²) >= 11 is 3.19. The van der Waals surface area contributed by atoms with E-state index >= 15 is 0 Å². The molecule has 0 saturated heterocycles. The van der Waals surface area contributed by atoms with E-state index in [1.807, 2.05) is 0 Å². The summed E-state index contributed by atoms with van der Waals surface area (Å²) in [6.07, 6.45) is 2.82. The monoisotopic (exact) mass is 341 g/mol. The molecule has 0 aliphatic heterocycles. The lowest BCUT2D eigenvalue weighted by molar-refractivity contribution is 0.581. The SMILES string of the molecule is Nc1ccccc1CNS(=O)(=O)c1cncc(Br)c1. The molecule has 5 nitrogen and oxygen atoms in total. The van der Waals surface area contributed by atoms with Crippen molar-refractivity contribution in [1.29, 1.82) is 0 Å². The molecule has 2 aromatic rings. The number of benzene rings is 1. The molecular weight excluding hydrogens is 330 g/mol. The summed E-state index contributed by atoms with van der Waals surface area (Å²) in [5.74, 6) is 0. The van der Waals surface area contributed by atoms with Crippen LogP contribution in [-0.2, 0) is 16.6 Å². The molecule has 0 spiro atoms. The molecule has 0 unspecified atom stereocenters. The highest BCUT2D eigenvalue weighted by Crippen LogP contribution is 2.15. The second kappa shape index (κ2) is 5.68. The number of hydrogen-bond acceptors (Lipinski definition) is 4. The fraction of sp³-hybridized carbons (Fsp3) is 0.0833. The molecule has 0 amide bonds. The van der Waals surface area contributed by atoms with Gasteiger partial charge in [0.1, 0.15) is 4.90 Å². The highest BCUT2D eigenvalue weighted by atomic mass is 79.9. The standard InChI is InChI=1S/C12H12BrN3O2S/c13-10-5-11(8-15-7-10)19(17,18)16-6-9-3-1-2-4-12(9)14/h1-5,7-8,16H,6,14H2. The molecular formula is C12H12BrN3O2S. The van der Waals surface area contributed by atoms with Gasteiger partial charge in [0.25, 0.3) is 0 Å². The predicted molar refractivity (Wildman–Crippen MR) is 76.8 cm³/mol. The number of para-hydroxylation sites is 1. The van der Waals surface area contributed by atoms with Crippen LogP contribution in [0.4, 0.5) is 5.69 Å². The van der Waals surface area contributed by atoms with Gasteiger partial charge in [0.05, 0.1) is 0 Å². The van der Waals surface area contributed by atoms with Crippen LogP contribution in [0.15, 0.2) is 52.1 Å². The van der Waals surface area contributed by atoms with Crippen LogP contribution in [0.2, 0.25) is 0 Å². The molecule has 2 rings (SSSR count). The number of nitrogens with two attached hydrogens (primary N) is 1. The highest BCUT2D eigenvalue weighted by Gasteiger charge is 2.14. The van der Waals surface area contributed by atoms with E-state index in [2.05, 4.69) is 25.6 Å². The van der Waals surface area contributed by atoms with Crippen LogP contribution >= 0.6 is 15.9 Å². The number of nitrogens with zero attached hydrogens (tertiary/aromatic N) is 1. The van der Waals surface area contributed by atoms with E-state index in [0.717, 1.165) is 5.56 Å². The number of pyridine rings is 1. The second-order valence-corrected chi connectivity index (χ2v) is 6.54. The van der Waals surface area contributed by atoms with Gasteiger partial charge in [0, 0.05) is 29.1 Å². The summed E-state index contributed by atoms with van der Waals surface area (Å²) in [5.41, 5.74) is 7.04. The third kappa shape index (κ3) is 3.52. The van der Waals surface area contributed by atoms with Gasteiger partial charge in [-0.2, -0.15) is 0 Å². The number of sulfonamides is 1. The molecule has 1 heterocycles. The number of nitrogen functional groups attached to an aromatic ring is 1. The van der Waals surface area contributed by atoms with Crippen molar-refractivity contribution in [1.82, 2.24) is 9.71 Å². The first-order valence-electron chi connectivity index (χ1n) is 5.42. The molecule has 1 aromatic heterocycles. The number of rotatable bonds is 4. The molecule has 0 atom stereocenters. The number of aromatic nitrogens is 1. The average molecular weight is 342 g/mol. The van der Waals surface area contributed by atoms with Crippen LogP contribution in [0.1, 0.15) is 5.56 Å². The van der Waals surface area contributed by atoms with Crippen LogP contribution in [0, 0.1) is 0 Å². The first kappa shape index (κ1) is 14.0. The smallest absolute Gasteiger partial charge is 0.242 e. The van der Waals surface area contributed by atoms with E-state index in [1.54, 1.807) is 24.3 Å². The van der Waals surface area contributed by atoms with Gasteiger partial charge in [-0.25, -0.2) is 13.1 Å². The third-order valence-electron chi connectivity index (χ3n) is 2.50. The van der Waals surface area contributed by atoms with Crippen LogP contribution < -0.4 is 10.5 Å². The molecule has 0 aliphatic rings. The summed E-state index contributed by atoms with van der Waals surface area (Å²) in [5, 5.41) is 0. The average Bonchev–Trinajstić information content (AvgIpc) is 2.38. The van der Waals surface area contributed by atoms with Crippen molar-refractivity contribution >= 4 is 31.6 Å². The fourth-order valence-electron chi connectivity index (χ4n) is 1.49. The third-order valence-corrected chi connectivity index (χ3v) is 4.30. The summed E-state index contributed by atoms with van der Waals surface area (Å²) in [6, 6.07) is 8.59. The zero-order chi connectivity index (χ0) is 13.9. The zero-order valence-corrected chi connectivity index (χ0v) is 12.3. The fourth-order valence-corrected chi connectivity index (χ4v) is 3.00. The zero-order valence-electron chi connectivity index (χ0n) is 9.88. The highest BCUT2D eigenvalue weighted by molar-refractivity contribution is 9.10. The maximum absolute atomic E-state index is 12.1. The van der Waals surface area contributed by atoms with Crippen molar-refractivity contribution < 1.29 is 8.42 Å². The lowest BCUT2D eigenvalue weighted by Crippen LogP contribution is -2.23. The van der Waals surface area contributed by atoms with E-state index in [-0.39, 0.29) is 11.4 Å². The Morgan fingerprint density at radius 1 is 1.26 bits per heavy atom. The van der Waals surface area contributed by atoms with Crippen LogP contribution in [-0.4, -0.2) is 13.4 Å². The van der Waals surface area contributed by atoms with Crippen molar-refractivity contribution in [2.45, 2.75) is 11.4 Å². The van der Waals surface area contributed by atoms with E-state index in [0.29, 0.717) is 10.2 Å². The molecule has 0 saturated carbocycles. The molecule has 0 bridgehead atoms. The number of anilines is 1. The Labute approximate surface area is 120 Å². The lowest BCUT2D eigenvalue weighted by atomic mass is 10.2. The van der Waals surface area contributed by atoms with Crippen molar-refractivity contribution in [3.63, 3.8) is 0 Å². The Morgan fingerprint density at radius 3 is 2.68 bits per heavy atom. The van der Waals surface area contributed by atoms with Crippen molar-refractivity contribution in [3.05, 3.63) is 52.8 Å². The van der Waals surface area contributed by atoms with Crippen LogP contribution in [0.5, 0.6) is 0 Å². The number of nitrogens with one attached hydrogen (secondary N) is 1. The number of hydrogen-bond donors (Lipinski definition) is 2. The topological polar surface area (TPSA) is 85.1 Å². The maximum Gasteiger partial charge on any atom is 0.242 e. The van der Waals surface area contributed by atoms with Gasteiger partial charge >= 0.3 is 0 Å². The molecule has 7 heteroatoms. The van der Waals surface area contributed by atoms with E-state index in [9.17, 15) is 8.42 Å². The second-order valence-electron chi connectivity index (χ2n) is 3.86. The largest absolute Gasteiger partial charge is 0.398 e.